The van der Waals surface area contributed by atoms with E-state index in [2.05, 4.69) is 5.32 Å². The van der Waals surface area contributed by atoms with Crippen molar-refractivity contribution in [3.63, 3.8) is 0 Å². The lowest BCUT2D eigenvalue weighted by Crippen LogP contribution is -2.41. The van der Waals surface area contributed by atoms with Gasteiger partial charge in [0, 0.05) is 5.69 Å². The molecule has 2 atom stereocenters. The number of hydrogen-bond donors (Lipinski definition) is 1. The summed E-state index contributed by atoms with van der Waals surface area (Å²) in [7, 11) is 0. The lowest BCUT2D eigenvalue weighted by Gasteiger charge is -2.25. The van der Waals surface area contributed by atoms with Crippen molar-refractivity contribution in [2.75, 3.05) is 11.9 Å². The summed E-state index contributed by atoms with van der Waals surface area (Å²) >= 11 is 0. The Morgan fingerprint density at radius 3 is 2.74 bits per heavy atom. The van der Waals surface area contributed by atoms with E-state index in [-0.39, 0.29) is 12.5 Å². The molecular weight excluding hydrogens is 346 g/mol. The first-order chi connectivity index (χ1) is 13.1. The molecule has 1 aliphatic carbocycles. The fourth-order valence-corrected chi connectivity index (χ4v) is 3.33. The molecule has 140 valence electrons. The molecule has 2 aliphatic rings. The molecule has 0 fully saturated rings. The number of ether oxygens (including phenoxy) is 3. The first-order valence-corrected chi connectivity index (χ1v) is 9.12. The second-order valence-electron chi connectivity index (χ2n) is 6.77. The van der Waals surface area contributed by atoms with Crippen molar-refractivity contribution in [2.45, 2.75) is 38.4 Å². The zero-order valence-corrected chi connectivity index (χ0v) is 15.1. The predicted molar refractivity (Wildman–Crippen MR) is 99.0 cm³/mol. The van der Waals surface area contributed by atoms with Gasteiger partial charge >= 0.3 is 5.97 Å². The lowest BCUT2D eigenvalue weighted by molar-refractivity contribution is -0.162. The van der Waals surface area contributed by atoms with Crippen molar-refractivity contribution in [3.05, 3.63) is 53.6 Å². The summed E-state index contributed by atoms with van der Waals surface area (Å²) in [5.74, 6) is 0.0735. The molecular formula is C21H21NO5. The molecule has 0 saturated heterocycles. The molecule has 2 aromatic carbocycles. The third kappa shape index (κ3) is 3.74. The molecule has 1 heterocycles. The van der Waals surface area contributed by atoms with E-state index in [1.54, 1.807) is 18.2 Å². The molecule has 0 bridgehead atoms. The first kappa shape index (κ1) is 17.4. The maximum Gasteiger partial charge on any atom is 0.351 e. The monoisotopic (exact) mass is 367 g/mol. The third-order valence-corrected chi connectivity index (χ3v) is 4.80. The van der Waals surface area contributed by atoms with Crippen molar-refractivity contribution >= 4 is 17.6 Å². The molecule has 27 heavy (non-hydrogen) atoms. The SMILES string of the molecule is C[C@@H](OC(=O)[C@H]1COc2ccccc2O1)C(=O)Nc1ccc2c(c1)CCC2. The predicted octanol–water partition coefficient (Wildman–Crippen LogP) is 2.89. The van der Waals surface area contributed by atoms with Gasteiger partial charge in [-0.3, -0.25) is 4.79 Å². The number of fused-ring (bicyclic) bond motifs is 2. The summed E-state index contributed by atoms with van der Waals surface area (Å²) in [6.07, 6.45) is 1.43. The average Bonchev–Trinajstić information content (AvgIpc) is 3.15. The number of carbonyl (C=O) groups excluding carboxylic acids is 2. The molecule has 6 nitrogen and oxygen atoms in total. The fourth-order valence-electron chi connectivity index (χ4n) is 3.33. The van der Waals surface area contributed by atoms with Crippen molar-refractivity contribution < 1.29 is 23.8 Å². The van der Waals surface area contributed by atoms with Crippen LogP contribution < -0.4 is 14.8 Å². The first-order valence-electron chi connectivity index (χ1n) is 9.12. The minimum Gasteiger partial charge on any atom is -0.485 e. The van der Waals surface area contributed by atoms with E-state index < -0.39 is 18.2 Å². The van der Waals surface area contributed by atoms with Crippen LogP contribution in [-0.4, -0.2) is 30.7 Å². The Bertz CT molecular complexity index is 879. The largest absolute Gasteiger partial charge is 0.485 e. The number of anilines is 1. The highest BCUT2D eigenvalue weighted by Gasteiger charge is 2.31. The summed E-state index contributed by atoms with van der Waals surface area (Å²) in [5.41, 5.74) is 3.32. The smallest absolute Gasteiger partial charge is 0.351 e. The van der Waals surface area contributed by atoms with E-state index in [0.29, 0.717) is 11.5 Å². The van der Waals surface area contributed by atoms with Crippen LogP contribution >= 0.6 is 0 Å². The number of nitrogens with one attached hydrogen (secondary N) is 1. The Kier molecular flexibility index (Phi) is 4.71. The minimum absolute atomic E-state index is 0.0506. The number of carbonyl (C=O) groups is 2. The maximum atomic E-state index is 12.4. The van der Waals surface area contributed by atoms with Crippen molar-refractivity contribution in [3.8, 4) is 11.5 Å². The number of esters is 1. The molecule has 1 N–H and O–H groups in total. The summed E-state index contributed by atoms with van der Waals surface area (Å²) in [4.78, 5) is 24.7. The number of para-hydroxylation sites is 2. The fraction of sp³-hybridized carbons (Fsp3) is 0.333. The molecule has 0 spiro atoms. The Morgan fingerprint density at radius 1 is 1.11 bits per heavy atom. The number of benzene rings is 2. The van der Waals surface area contributed by atoms with Crippen molar-refractivity contribution in [1.29, 1.82) is 0 Å². The molecule has 2 aromatic rings. The lowest BCUT2D eigenvalue weighted by atomic mass is 10.1. The van der Waals surface area contributed by atoms with Gasteiger partial charge in [0.25, 0.3) is 5.91 Å². The maximum absolute atomic E-state index is 12.4. The van der Waals surface area contributed by atoms with Crippen molar-refractivity contribution in [2.24, 2.45) is 0 Å². The van der Waals surface area contributed by atoms with Crippen LogP contribution in [0, 0.1) is 0 Å². The summed E-state index contributed by atoms with van der Waals surface area (Å²) in [6.45, 7) is 1.59. The molecule has 1 amide bonds. The van der Waals surface area contributed by atoms with Gasteiger partial charge in [-0.15, -0.1) is 0 Å². The average molecular weight is 367 g/mol. The zero-order valence-electron chi connectivity index (χ0n) is 15.1. The van der Waals surface area contributed by atoms with Gasteiger partial charge in [0.15, 0.2) is 17.6 Å². The van der Waals surface area contributed by atoms with Crippen LogP contribution in [0.4, 0.5) is 5.69 Å². The van der Waals surface area contributed by atoms with Gasteiger partial charge in [-0.1, -0.05) is 18.2 Å². The summed E-state index contributed by atoms with van der Waals surface area (Å²) in [6, 6.07) is 13.0. The van der Waals surface area contributed by atoms with Crippen LogP contribution in [0.25, 0.3) is 0 Å². The van der Waals surface area contributed by atoms with Crippen molar-refractivity contribution in [1.82, 2.24) is 0 Å². The van der Waals surface area contributed by atoms with Gasteiger partial charge in [-0.05, 0) is 61.6 Å². The van der Waals surface area contributed by atoms with E-state index in [9.17, 15) is 9.59 Å². The van der Waals surface area contributed by atoms with Crippen LogP contribution in [0.1, 0.15) is 24.5 Å². The number of hydrogen-bond acceptors (Lipinski definition) is 5. The van der Waals surface area contributed by atoms with E-state index >= 15 is 0 Å². The Hall–Kier alpha value is -3.02. The summed E-state index contributed by atoms with van der Waals surface area (Å²) in [5, 5.41) is 2.81. The highest BCUT2D eigenvalue weighted by molar-refractivity contribution is 5.95. The number of rotatable bonds is 4. The quantitative estimate of drug-likeness (QED) is 0.841. The molecule has 0 aromatic heterocycles. The van der Waals surface area contributed by atoms with E-state index in [1.165, 1.54) is 18.1 Å². The van der Waals surface area contributed by atoms with Gasteiger partial charge in [0.2, 0.25) is 6.10 Å². The minimum atomic E-state index is -0.938. The third-order valence-electron chi connectivity index (χ3n) is 4.80. The van der Waals surface area contributed by atoms with Gasteiger partial charge in [-0.25, -0.2) is 4.79 Å². The van der Waals surface area contributed by atoms with Crippen LogP contribution in [0.3, 0.4) is 0 Å². The Labute approximate surface area is 157 Å². The Morgan fingerprint density at radius 2 is 1.89 bits per heavy atom. The topological polar surface area (TPSA) is 73.9 Å². The van der Waals surface area contributed by atoms with Crippen LogP contribution in [-0.2, 0) is 27.2 Å². The number of amides is 1. The van der Waals surface area contributed by atoms with Gasteiger partial charge in [-0.2, -0.15) is 0 Å². The van der Waals surface area contributed by atoms with Gasteiger partial charge in [0.05, 0.1) is 0 Å². The van der Waals surface area contributed by atoms with Crippen LogP contribution in [0.5, 0.6) is 11.5 Å². The normalized spacial score (nSPS) is 18.3. The second-order valence-corrected chi connectivity index (χ2v) is 6.77. The standard InChI is InChI=1S/C21H21NO5/c1-13(20(23)22-16-10-9-14-5-4-6-15(14)11-16)26-21(24)19-12-25-17-7-2-3-8-18(17)27-19/h2-3,7-11,13,19H,4-6,12H2,1H3,(H,22,23)/t13-,19-/m1/s1. The second kappa shape index (κ2) is 7.31. The number of aryl methyl sites for hydroxylation is 2. The highest BCUT2D eigenvalue weighted by atomic mass is 16.6. The molecule has 0 radical (unpaired) electrons. The van der Waals surface area contributed by atoms with E-state index in [0.717, 1.165) is 24.9 Å². The molecule has 0 saturated carbocycles. The molecule has 1 aliphatic heterocycles. The van der Waals surface area contributed by atoms with Crippen LogP contribution in [0.15, 0.2) is 42.5 Å². The molecule has 4 rings (SSSR count). The van der Waals surface area contributed by atoms with Gasteiger partial charge < -0.3 is 19.5 Å². The van der Waals surface area contributed by atoms with E-state index in [1.807, 2.05) is 24.3 Å². The highest BCUT2D eigenvalue weighted by Crippen LogP contribution is 2.31. The summed E-state index contributed by atoms with van der Waals surface area (Å²) < 4.78 is 16.4. The molecule has 0 unspecified atom stereocenters. The van der Waals surface area contributed by atoms with Gasteiger partial charge in [0.1, 0.15) is 6.61 Å². The van der Waals surface area contributed by atoms with Crippen LogP contribution in [0.2, 0.25) is 0 Å². The molecule has 6 heteroatoms. The zero-order chi connectivity index (χ0) is 18.8. The van der Waals surface area contributed by atoms with E-state index in [4.69, 9.17) is 14.2 Å². The Balaban J connectivity index is 1.34.